The largest absolute Gasteiger partial charge is 0.379 e. The monoisotopic (exact) mass is 326 g/mol. The molecule has 104 valence electrons. The maximum Gasteiger partial charge on any atom is 0.147 e. The zero-order chi connectivity index (χ0) is 13.2. The van der Waals surface area contributed by atoms with Gasteiger partial charge in [0.15, 0.2) is 0 Å². The van der Waals surface area contributed by atoms with Crippen LogP contribution in [0.25, 0.3) is 0 Å². The van der Waals surface area contributed by atoms with Crippen molar-refractivity contribution in [3.8, 4) is 0 Å². The third kappa shape index (κ3) is 2.79. The minimum Gasteiger partial charge on any atom is -0.379 e. The second-order valence-corrected chi connectivity index (χ2v) is 6.50. The SMILES string of the molecule is Fc1cccc(Br)c1NC1CCCC1C1CCCN1. The Morgan fingerprint density at radius 1 is 1.21 bits per heavy atom. The van der Waals surface area contributed by atoms with E-state index >= 15 is 0 Å². The maximum atomic E-state index is 13.9. The van der Waals surface area contributed by atoms with E-state index in [0.29, 0.717) is 23.7 Å². The Balaban J connectivity index is 1.74. The molecule has 2 nitrogen and oxygen atoms in total. The summed E-state index contributed by atoms with van der Waals surface area (Å²) in [7, 11) is 0. The molecule has 0 radical (unpaired) electrons. The topological polar surface area (TPSA) is 24.1 Å². The van der Waals surface area contributed by atoms with Gasteiger partial charge in [0.2, 0.25) is 0 Å². The van der Waals surface area contributed by atoms with Crippen molar-refractivity contribution in [3.63, 3.8) is 0 Å². The Morgan fingerprint density at radius 3 is 2.84 bits per heavy atom. The summed E-state index contributed by atoms with van der Waals surface area (Å²) < 4.78 is 14.7. The lowest BCUT2D eigenvalue weighted by atomic mass is 9.93. The van der Waals surface area contributed by atoms with Crippen LogP contribution in [0.15, 0.2) is 22.7 Å². The van der Waals surface area contributed by atoms with Crippen molar-refractivity contribution < 1.29 is 4.39 Å². The van der Waals surface area contributed by atoms with Crippen molar-refractivity contribution in [2.24, 2.45) is 5.92 Å². The van der Waals surface area contributed by atoms with Gasteiger partial charge >= 0.3 is 0 Å². The smallest absolute Gasteiger partial charge is 0.147 e. The number of hydrogen-bond donors (Lipinski definition) is 2. The van der Waals surface area contributed by atoms with Gasteiger partial charge < -0.3 is 10.6 Å². The summed E-state index contributed by atoms with van der Waals surface area (Å²) in [5.41, 5.74) is 0.623. The van der Waals surface area contributed by atoms with Crippen molar-refractivity contribution in [1.29, 1.82) is 0 Å². The Bertz CT molecular complexity index is 426. The molecule has 0 amide bonds. The number of rotatable bonds is 3. The van der Waals surface area contributed by atoms with E-state index in [9.17, 15) is 4.39 Å². The van der Waals surface area contributed by atoms with Gasteiger partial charge in [0, 0.05) is 16.6 Å². The van der Waals surface area contributed by atoms with Crippen molar-refractivity contribution in [3.05, 3.63) is 28.5 Å². The van der Waals surface area contributed by atoms with Crippen LogP contribution in [0.4, 0.5) is 10.1 Å². The number of halogens is 2. The highest BCUT2D eigenvalue weighted by Crippen LogP contribution is 2.36. The van der Waals surface area contributed by atoms with Gasteiger partial charge in [-0.25, -0.2) is 4.39 Å². The van der Waals surface area contributed by atoms with E-state index in [1.807, 2.05) is 6.07 Å². The van der Waals surface area contributed by atoms with E-state index in [1.165, 1.54) is 31.7 Å². The lowest BCUT2D eigenvalue weighted by Gasteiger charge is -2.27. The Labute approximate surface area is 122 Å². The first-order chi connectivity index (χ1) is 9.25. The summed E-state index contributed by atoms with van der Waals surface area (Å²) in [5.74, 6) is 0.466. The highest BCUT2D eigenvalue weighted by molar-refractivity contribution is 9.10. The molecule has 1 heterocycles. The fourth-order valence-corrected chi connectivity index (χ4v) is 4.00. The summed E-state index contributed by atoms with van der Waals surface area (Å²) >= 11 is 3.44. The quantitative estimate of drug-likeness (QED) is 0.879. The van der Waals surface area contributed by atoms with Crippen LogP contribution in [0.2, 0.25) is 0 Å². The number of anilines is 1. The molecule has 0 spiro atoms. The second kappa shape index (κ2) is 5.80. The Kier molecular flexibility index (Phi) is 4.08. The van der Waals surface area contributed by atoms with E-state index < -0.39 is 0 Å². The number of nitrogens with one attached hydrogen (secondary N) is 2. The first-order valence-electron chi connectivity index (χ1n) is 7.19. The van der Waals surface area contributed by atoms with Gasteiger partial charge in [0.1, 0.15) is 5.82 Å². The fourth-order valence-electron chi connectivity index (χ4n) is 3.55. The molecule has 1 aliphatic heterocycles. The molecule has 1 aromatic rings. The zero-order valence-electron chi connectivity index (χ0n) is 11.0. The molecule has 2 N–H and O–H groups in total. The van der Waals surface area contributed by atoms with Gasteiger partial charge in [-0.1, -0.05) is 12.5 Å². The van der Waals surface area contributed by atoms with Crippen LogP contribution in [-0.2, 0) is 0 Å². The first kappa shape index (κ1) is 13.4. The molecule has 19 heavy (non-hydrogen) atoms. The van der Waals surface area contributed by atoms with Gasteiger partial charge in [-0.2, -0.15) is 0 Å². The van der Waals surface area contributed by atoms with Crippen LogP contribution in [0.1, 0.15) is 32.1 Å². The van der Waals surface area contributed by atoms with Gasteiger partial charge in [0.05, 0.1) is 5.69 Å². The van der Waals surface area contributed by atoms with Crippen molar-refractivity contribution in [2.75, 3.05) is 11.9 Å². The van der Waals surface area contributed by atoms with E-state index in [4.69, 9.17) is 0 Å². The average Bonchev–Trinajstić information content (AvgIpc) is 3.04. The molecular weight excluding hydrogens is 307 g/mol. The third-order valence-corrected chi connectivity index (χ3v) is 5.14. The predicted octanol–water partition coefficient (Wildman–Crippen LogP) is 3.92. The molecule has 1 saturated heterocycles. The molecule has 2 fully saturated rings. The number of hydrogen-bond acceptors (Lipinski definition) is 2. The van der Waals surface area contributed by atoms with Crippen molar-refractivity contribution in [2.45, 2.75) is 44.2 Å². The minimum atomic E-state index is -0.167. The van der Waals surface area contributed by atoms with Crippen molar-refractivity contribution in [1.82, 2.24) is 5.32 Å². The van der Waals surface area contributed by atoms with Crippen LogP contribution in [-0.4, -0.2) is 18.6 Å². The fraction of sp³-hybridized carbons (Fsp3) is 0.600. The highest BCUT2D eigenvalue weighted by Gasteiger charge is 2.35. The Hall–Kier alpha value is -0.610. The normalized spacial score (nSPS) is 30.7. The van der Waals surface area contributed by atoms with Crippen LogP contribution in [0.5, 0.6) is 0 Å². The zero-order valence-corrected chi connectivity index (χ0v) is 12.5. The summed E-state index contributed by atoms with van der Waals surface area (Å²) in [4.78, 5) is 0. The lowest BCUT2D eigenvalue weighted by molar-refractivity contribution is 0.375. The molecule has 3 rings (SSSR count). The molecule has 1 aliphatic carbocycles. The Morgan fingerprint density at radius 2 is 2.11 bits per heavy atom. The van der Waals surface area contributed by atoms with Gasteiger partial charge in [-0.05, 0) is 66.2 Å². The number of para-hydroxylation sites is 1. The van der Waals surface area contributed by atoms with Crippen molar-refractivity contribution >= 4 is 21.6 Å². The molecular formula is C15H20BrFN2. The van der Waals surface area contributed by atoms with Crippen LogP contribution in [0.3, 0.4) is 0 Å². The molecule has 0 bridgehead atoms. The summed E-state index contributed by atoms with van der Waals surface area (Å²) in [6.07, 6.45) is 6.18. The first-order valence-corrected chi connectivity index (χ1v) is 7.99. The van der Waals surface area contributed by atoms with Gasteiger partial charge in [0.25, 0.3) is 0 Å². The molecule has 1 saturated carbocycles. The summed E-state index contributed by atoms with van der Waals surface area (Å²) in [6.45, 7) is 1.14. The van der Waals surface area contributed by atoms with E-state index in [0.717, 1.165) is 17.4 Å². The summed E-state index contributed by atoms with van der Waals surface area (Å²) in [6, 6.07) is 6.15. The van der Waals surface area contributed by atoms with Gasteiger partial charge in [-0.3, -0.25) is 0 Å². The molecule has 4 heteroatoms. The molecule has 2 aliphatic rings. The molecule has 3 unspecified atom stereocenters. The summed E-state index contributed by atoms with van der Waals surface area (Å²) in [5, 5.41) is 7.04. The molecule has 3 atom stereocenters. The lowest BCUT2D eigenvalue weighted by Crippen LogP contribution is -2.38. The minimum absolute atomic E-state index is 0.167. The highest BCUT2D eigenvalue weighted by atomic mass is 79.9. The average molecular weight is 327 g/mol. The molecule has 0 aromatic heterocycles. The second-order valence-electron chi connectivity index (χ2n) is 5.65. The van der Waals surface area contributed by atoms with E-state index in [-0.39, 0.29) is 5.82 Å². The van der Waals surface area contributed by atoms with Gasteiger partial charge in [-0.15, -0.1) is 0 Å². The third-order valence-electron chi connectivity index (χ3n) is 4.48. The maximum absolute atomic E-state index is 13.9. The van der Waals surface area contributed by atoms with Crippen LogP contribution >= 0.6 is 15.9 Å². The van der Waals surface area contributed by atoms with E-state index in [1.54, 1.807) is 6.07 Å². The standard InChI is InChI=1S/C15H20BrFN2/c16-11-5-2-6-12(17)15(11)19-14-7-1-4-10(14)13-8-3-9-18-13/h2,5-6,10,13-14,18-19H,1,3-4,7-9H2. The number of benzene rings is 1. The van der Waals surface area contributed by atoms with E-state index in [2.05, 4.69) is 26.6 Å². The van der Waals surface area contributed by atoms with Crippen LogP contribution in [0, 0.1) is 11.7 Å². The van der Waals surface area contributed by atoms with Crippen LogP contribution < -0.4 is 10.6 Å². The molecule has 1 aromatic carbocycles. The predicted molar refractivity (Wildman–Crippen MR) is 79.9 cm³/mol.